The van der Waals surface area contributed by atoms with Crippen molar-refractivity contribution in [3.63, 3.8) is 0 Å². The second kappa shape index (κ2) is 8.30. The van der Waals surface area contributed by atoms with Crippen molar-refractivity contribution in [1.82, 2.24) is 10.3 Å². The van der Waals surface area contributed by atoms with Crippen molar-refractivity contribution < 1.29 is 39.6 Å². The molecule has 180 valence electrons. The zero-order valence-corrected chi connectivity index (χ0v) is 18.3. The lowest BCUT2D eigenvalue weighted by molar-refractivity contribution is -0.141. The van der Waals surface area contributed by atoms with E-state index < -0.39 is 61.0 Å². The van der Waals surface area contributed by atoms with E-state index in [0.29, 0.717) is 12.1 Å². The molecule has 1 aliphatic carbocycles. The average Bonchev–Trinajstić information content (AvgIpc) is 2.68. The molecule has 5 nitrogen and oxygen atoms in total. The Kier molecular flexibility index (Phi) is 6.29. The lowest BCUT2D eigenvalue weighted by atomic mass is 9.73. The molecule has 1 saturated carbocycles. The van der Waals surface area contributed by atoms with Gasteiger partial charge in [0.2, 0.25) is 0 Å². The van der Waals surface area contributed by atoms with Crippen molar-refractivity contribution in [2.24, 2.45) is 5.92 Å². The third-order valence-electron chi connectivity index (χ3n) is 5.93. The van der Waals surface area contributed by atoms with Gasteiger partial charge in [-0.25, -0.2) is 8.42 Å². The van der Waals surface area contributed by atoms with Crippen LogP contribution in [0.3, 0.4) is 0 Å². The molecule has 3 rings (SSSR count). The summed E-state index contributed by atoms with van der Waals surface area (Å²) in [4.78, 5) is 15.0. The number of nitrogens with one attached hydrogen (secondary N) is 1. The van der Waals surface area contributed by atoms with Crippen molar-refractivity contribution in [1.29, 1.82) is 0 Å². The van der Waals surface area contributed by atoms with Crippen LogP contribution >= 0.6 is 0 Å². The smallest absolute Gasteiger partial charge is 0.349 e. The molecule has 0 aliphatic heterocycles. The van der Waals surface area contributed by atoms with Crippen LogP contribution in [0, 0.1) is 5.92 Å². The molecule has 12 heteroatoms. The third-order valence-corrected chi connectivity index (χ3v) is 8.53. The number of rotatable bonds is 5. The number of aromatic nitrogens is 1. The van der Waals surface area contributed by atoms with E-state index in [1.165, 1.54) is 13.8 Å². The molecule has 1 amide bonds. The number of benzene rings is 1. The average molecular weight is 494 g/mol. The fraction of sp³-hybridized carbons (Fsp3) is 0.429. The number of nitrogens with zero attached hydrogens (tertiary/aromatic N) is 1. The summed E-state index contributed by atoms with van der Waals surface area (Å²) in [5.74, 6) is -1.24. The predicted molar refractivity (Wildman–Crippen MR) is 106 cm³/mol. The van der Waals surface area contributed by atoms with Crippen LogP contribution in [-0.2, 0) is 22.2 Å². The molecule has 1 aromatic carbocycles. The molecule has 1 aromatic heterocycles. The Morgan fingerprint density at radius 2 is 1.64 bits per heavy atom. The number of carbonyl (C=O) groups excluding carboxylic acids is 1. The fourth-order valence-corrected chi connectivity index (χ4v) is 5.44. The number of carbonyl (C=O) groups is 1. The van der Waals surface area contributed by atoms with Crippen molar-refractivity contribution >= 4 is 15.7 Å². The summed E-state index contributed by atoms with van der Waals surface area (Å²) in [7, 11) is -4.15. The van der Waals surface area contributed by atoms with E-state index in [4.69, 9.17) is 0 Å². The molecule has 0 unspecified atom stereocenters. The Morgan fingerprint density at radius 1 is 1.00 bits per heavy atom. The van der Waals surface area contributed by atoms with Crippen LogP contribution in [0.5, 0.6) is 0 Å². The second-order valence-corrected chi connectivity index (χ2v) is 10.9. The summed E-state index contributed by atoms with van der Waals surface area (Å²) >= 11 is 0. The number of sulfone groups is 1. The minimum atomic E-state index is -4.71. The van der Waals surface area contributed by atoms with Crippen LogP contribution in [0.15, 0.2) is 47.5 Å². The first kappa shape index (κ1) is 25.0. The first-order chi connectivity index (χ1) is 15.0. The SMILES string of the molecule is CC(C)(C1CC(NC(=O)c2ccnc(C(F)(F)F)c2)C1)S(=O)(=O)c1cccc(C(F)(F)F)c1. The number of hydrogen-bond donors (Lipinski definition) is 1. The summed E-state index contributed by atoms with van der Waals surface area (Å²) < 4.78 is 102. The number of halogens is 6. The lowest BCUT2D eigenvalue weighted by Gasteiger charge is -2.45. The topological polar surface area (TPSA) is 76.1 Å². The minimum Gasteiger partial charge on any atom is -0.349 e. The first-order valence-corrected chi connectivity index (χ1v) is 11.3. The normalized spacial score (nSPS) is 19.6. The minimum absolute atomic E-state index is 0.203. The van der Waals surface area contributed by atoms with Crippen LogP contribution < -0.4 is 5.32 Å². The van der Waals surface area contributed by atoms with Crippen molar-refractivity contribution in [2.45, 2.75) is 54.7 Å². The number of pyridine rings is 1. The van der Waals surface area contributed by atoms with E-state index >= 15 is 0 Å². The van der Waals surface area contributed by atoms with Crippen molar-refractivity contribution in [3.8, 4) is 0 Å². The fourth-order valence-electron chi connectivity index (χ4n) is 3.66. The highest BCUT2D eigenvalue weighted by Crippen LogP contribution is 2.44. The Morgan fingerprint density at radius 3 is 2.21 bits per heavy atom. The third kappa shape index (κ3) is 4.99. The maximum Gasteiger partial charge on any atom is 0.433 e. The van der Waals surface area contributed by atoms with Gasteiger partial charge in [0.05, 0.1) is 15.2 Å². The summed E-state index contributed by atoms with van der Waals surface area (Å²) in [5.41, 5.74) is -2.53. The van der Waals surface area contributed by atoms with Crippen LogP contribution in [0.2, 0.25) is 0 Å². The standard InChI is InChI=1S/C21H20F6N2O3S/c1-19(2,33(31,32)16-5-3-4-13(11-16)20(22,23)24)14-9-15(10-14)29-18(30)12-6-7-28-17(8-12)21(25,26)27/h3-8,11,14-15H,9-10H2,1-2H3,(H,29,30). The maximum absolute atomic E-state index is 13.1. The monoisotopic (exact) mass is 494 g/mol. The molecule has 0 saturated heterocycles. The quantitative estimate of drug-likeness (QED) is 0.602. The van der Waals surface area contributed by atoms with Crippen molar-refractivity contribution in [2.75, 3.05) is 0 Å². The van der Waals surface area contributed by atoms with Crippen LogP contribution in [0.1, 0.15) is 48.3 Å². The Balaban J connectivity index is 1.69. The van der Waals surface area contributed by atoms with Gasteiger partial charge in [0, 0.05) is 17.8 Å². The zero-order valence-electron chi connectivity index (χ0n) is 17.5. The Bertz CT molecular complexity index is 1150. The maximum atomic E-state index is 13.1. The molecule has 1 fully saturated rings. The van der Waals surface area contributed by atoms with Crippen LogP contribution in [0.25, 0.3) is 0 Å². The van der Waals surface area contributed by atoms with Gasteiger partial charge in [-0.15, -0.1) is 0 Å². The molecule has 0 atom stereocenters. The number of amides is 1. The van der Waals surface area contributed by atoms with Gasteiger partial charge in [0.25, 0.3) is 5.91 Å². The van der Waals surface area contributed by atoms with Gasteiger partial charge in [-0.1, -0.05) is 6.07 Å². The highest BCUT2D eigenvalue weighted by Gasteiger charge is 2.49. The number of hydrogen-bond acceptors (Lipinski definition) is 4. The summed E-state index contributed by atoms with van der Waals surface area (Å²) in [5, 5.41) is 2.56. The molecule has 0 radical (unpaired) electrons. The summed E-state index contributed by atoms with van der Waals surface area (Å²) in [6, 6.07) is 4.77. The van der Waals surface area contributed by atoms with E-state index in [1.54, 1.807) is 0 Å². The first-order valence-electron chi connectivity index (χ1n) is 9.79. The summed E-state index contributed by atoms with van der Waals surface area (Å²) in [6.07, 6.45) is -8.13. The van der Waals surface area contributed by atoms with Gasteiger partial charge in [0.15, 0.2) is 9.84 Å². The van der Waals surface area contributed by atoms with E-state index in [9.17, 15) is 39.6 Å². The summed E-state index contributed by atoms with van der Waals surface area (Å²) in [6.45, 7) is 2.81. The molecule has 2 aromatic rings. The highest BCUT2D eigenvalue weighted by atomic mass is 32.2. The largest absolute Gasteiger partial charge is 0.433 e. The van der Waals surface area contributed by atoms with Crippen molar-refractivity contribution in [3.05, 3.63) is 59.4 Å². The van der Waals surface area contributed by atoms with Gasteiger partial charge < -0.3 is 5.32 Å². The van der Waals surface area contributed by atoms with Gasteiger partial charge in [-0.05, 0) is 62.9 Å². The zero-order chi connectivity index (χ0) is 24.8. The molecular weight excluding hydrogens is 474 g/mol. The molecule has 1 aliphatic rings. The molecule has 33 heavy (non-hydrogen) atoms. The van der Waals surface area contributed by atoms with Gasteiger partial charge >= 0.3 is 12.4 Å². The van der Waals surface area contributed by atoms with Gasteiger partial charge in [-0.2, -0.15) is 26.3 Å². The second-order valence-electron chi connectivity index (χ2n) is 8.40. The van der Waals surface area contributed by atoms with E-state index in [0.717, 1.165) is 30.5 Å². The molecule has 1 heterocycles. The number of alkyl halides is 6. The Hall–Kier alpha value is -2.63. The predicted octanol–water partition coefficient (Wildman–Crippen LogP) is 4.88. The van der Waals surface area contributed by atoms with Gasteiger partial charge in [-0.3, -0.25) is 9.78 Å². The molecular formula is C21H20F6N2O3S. The van der Waals surface area contributed by atoms with Gasteiger partial charge in [0.1, 0.15) is 5.69 Å². The molecule has 1 N–H and O–H groups in total. The van der Waals surface area contributed by atoms with E-state index in [-0.39, 0.29) is 18.4 Å². The van der Waals surface area contributed by atoms with E-state index in [2.05, 4.69) is 10.3 Å². The highest BCUT2D eigenvalue weighted by molar-refractivity contribution is 7.92. The molecule has 0 spiro atoms. The lowest BCUT2D eigenvalue weighted by Crippen LogP contribution is -2.53. The van der Waals surface area contributed by atoms with Crippen LogP contribution in [-0.4, -0.2) is 30.1 Å². The molecule has 0 bridgehead atoms. The van der Waals surface area contributed by atoms with Crippen LogP contribution in [0.4, 0.5) is 26.3 Å². The Labute approximate surface area is 186 Å². The van der Waals surface area contributed by atoms with E-state index in [1.807, 2.05) is 0 Å².